The van der Waals surface area contributed by atoms with Crippen LogP contribution in [0, 0.1) is 11.8 Å². The molecule has 0 aromatic rings. The maximum Gasteiger partial charge on any atom is 0.306 e. The van der Waals surface area contributed by atoms with Gasteiger partial charge in [0.1, 0.15) is 12.4 Å². The van der Waals surface area contributed by atoms with Gasteiger partial charge in [-0.2, -0.15) is 0 Å². The Morgan fingerprint density at radius 1 is 0.931 bits per heavy atom. The van der Waals surface area contributed by atoms with Gasteiger partial charge in [0.15, 0.2) is 0 Å². The molecular weight excluding hydrogens is 721 g/mol. The van der Waals surface area contributed by atoms with E-state index in [4.69, 9.17) is 19.7 Å². The molecule has 8 bridgehead atoms. The summed E-state index contributed by atoms with van der Waals surface area (Å²) in [5, 5.41) is 26.5. The lowest BCUT2D eigenvalue weighted by atomic mass is 9.85. The van der Waals surface area contributed by atoms with Gasteiger partial charge in [0, 0.05) is 58.4 Å². The summed E-state index contributed by atoms with van der Waals surface area (Å²) in [5.41, 5.74) is 17.8. The third-order valence-electron chi connectivity index (χ3n) is 12.3. The van der Waals surface area contributed by atoms with Crippen molar-refractivity contribution in [2.75, 3.05) is 6.61 Å². The summed E-state index contributed by atoms with van der Waals surface area (Å²) >= 11 is 0. The minimum absolute atomic E-state index is 0.000660. The van der Waals surface area contributed by atoms with Crippen LogP contribution in [-0.2, 0) is 9.53 Å². The molecule has 0 radical (unpaired) electrons. The molecule has 0 spiro atoms. The number of carbonyl (C=O) groups excluding carboxylic acids is 1. The molecule has 58 heavy (non-hydrogen) atoms. The number of carbonyl (C=O) groups is 1. The molecule has 8 nitrogen and oxygen atoms in total. The lowest BCUT2D eigenvalue weighted by Gasteiger charge is -2.18. The highest BCUT2D eigenvalue weighted by molar-refractivity contribution is 6.21. The first-order valence-corrected chi connectivity index (χ1v) is 21.1. The molecule has 3 atom stereocenters. The van der Waals surface area contributed by atoms with Gasteiger partial charge in [0.2, 0.25) is 0 Å². The van der Waals surface area contributed by atoms with E-state index < -0.39 is 6.10 Å². The topological polar surface area (TPSA) is 116 Å². The molecule has 0 saturated carbocycles. The van der Waals surface area contributed by atoms with Gasteiger partial charge in [0.05, 0.1) is 40.3 Å². The standard InChI is InChI=1S/C50H62N4O4/c1-12-35-30(7)39-25-42-45(34(11)55)32(9)48(53-42)33(10)47-31(8)37(20-21-44(57)58-23-22-29(6)19-15-18-28(5)17-14-16-27(3)4)49(54-47)38-24-43(56)46-36(13-2)41(52-50(38)46)26-40(35)51-39/h12,16,18,22,25-26,31,34,37,54-56H,1,13-15,17,19-21,23-24H2,2-11H3/b28-18+,29-22+,40-26?,42-25?,47-33?,49-38?/t31-,34?,37-/m0/s1. The minimum Gasteiger partial charge on any atom is -0.511 e. The fraction of sp³-hybridized carbons (Fsp3) is 0.440. The first kappa shape index (κ1) is 42.5. The molecule has 5 aliphatic heterocycles. The Hall–Kier alpha value is -5.08. The number of ether oxygens (including phenoxy) is 1. The minimum atomic E-state index is -0.741. The Labute approximate surface area is 345 Å². The predicted octanol–water partition coefficient (Wildman–Crippen LogP) is 11.3. The Kier molecular flexibility index (Phi) is 13.1. The van der Waals surface area contributed by atoms with E-state index in [1.807, 2.05) is 38.2 Å². The van der Waals surface area contributed by atoms with Crippen LogP contribution in [0.25, 0.3) is 0 Å². The van der Waals surface area contributed by atoms with Crippen LogP contribution in [0.2, 0.25) is 0 Å². The smallest absolute Gasteiger partial charge is 0.306 e. The molecule has 306 valence electrons. The number of aliphatic imine (C=N–C) groups is 3. The van der Waals surface area contributed by atoms with Crippen molar-refractivity contribution in [3.8, 4) is 0 Å². The Morgan fingerprint density at radius 3 is 2.31 bits per heavy atom. The van der Waals surface area contributed by atoms with Crippen molar-refractivity contribution in [1.29, 1.82) is 0 Å². The van der Waals surface area contributed by atoms with E-state index in [1.54, 1.807) is 6.92 Å². The molecule has 6 aliphatic rings. The van der Waals surface area contributed by atoms with E-state index in [0.29, 0.717) is 30.7 Å². The number of aliphatic hydroxyl groups is 2. The van der Waals surface area contributed by atoms with Crippen LogP contribution in [0.4, 0.5) is 0 Å². The molecule has 1 unspecified atom stereocenters. The van der Waals surface area contributed by atoms with E-state index in [0.717, 1.165) is 110 Å². The van der Waals surface area contributed by atoms with E-state index >= 15 is 0 Å². The second-order valence-electron chi connectivity index (χ2n) is 16.8. The second kappa shape index (κ2) is 17.8. The predicted molar refractivity (Wildman–Crippen MR) is 238 cm³/mol. The maximum absolute atomic E-state index is 13.3. The van der Waals surface area contributed by atoms with Crippen molar-refractivity contribution in [2.24, 2.45) is 26.8 Å². The van der Waals surface area contributed by atoms with Crippen molar-refractivity contribution >= 4 is 23.1 Å². The number of fused-ring (bicyclic) bond motifs is 5. The summed E-state index contributed by atoms with van der Waals surface area (Å²) in [5.74, 6) is 0.0162. The molecule has 6 rings (SSSR count). The molecule has 0 amide bonds. The van der Waals surface area contributed by atoms with Crippen LogP contribution in [0.1, 0.15) is 121 Å². The monoisotopic (exact) mass is 782 g/mol. The number of rotatable bonds is 14. The van der Waals surface area contributed by atoms with Crippen molar-refractivity contribution in [3.05, 3.63) is 139 Å². The molecule has 3 N–H and O–H groups in total. The lowest BCUT2D eigenvalue weighted by Crippen LogP contribution is -2.16. The quantitative estimate of drug-likeness (QED) is 0.120. The molecule has 1 aliphatic carbocycles. The van der Waals surface area contributed by atoms with Gasteiger partial charge in [-0.05, 0) is 134 Å². The first-order valence-electron chi connectivity index (χ1n) is 21.1. The number of aliphatic hydroxyl groups excluding tert-OH is 2. The maximum atomic E-state index is 13.3. The second-order valence-corrected chi connectivity index (χ2v) is 16.8. The summed E-state index contributed by atoms with van der Waals surface area (Å²) in [6.45, 7) is 25.1. The number of nitrogens with one attached hydrogen (secondary N) is 1. The summed E-state index contributed by atoms with van der Waals surface area (Å²) in [4.78, 5) is 28.7. The van der Waals surface area contributed by atoms with E-state index in [9.17, 15) is 15.0 Å². The van der Waals surface area contributed by atoms with E-state index in [-0.39, 0.29) is 30.8 Å². The summed E-state index contributed by atoms with van der Waals surface area (Å²) < 4.78 is 5.76. The molecule has 1 saturated heterocycles. The average Bonchev–Trinajstić information content (AvgIpc) is 3.94. The third-order valence-corrected chi connectivity index (χ3v) is 12.3. The lowest BCUT2D eigenvalue weighted by molar-refractivity contribution is -0.142. The largest absolute Gasteiger partial charge is 0.511 e. The van der Waals surface area contributed by atoms with Gasteiger partial charge in [-0.3, -0.25) is 4.79 Å². The van der Waals surface area contributed by atoms with Gasteiger partial charge in [0.25, 0.3) is 0 Å². The molecule has 0 aromatic carbocycles. The zero-order valence-electron chi connectivity index (χ0n) is 36.3. The van der Waals surface area contributed by atoms with Crippen LogP contribution in [0.5, 0.6) is 0 Å². The summed E-state index contributed by atoms with van der Waals surface area (Å²) in [6.07, 6.45) is 17.6. The average molecular weight is 783 g/mol. The van der Waals surface area contributed by atoms with Gasteiger partial charge in [-0.15, -0.1) is 0 Å². The zero-order valence-corrected chi connectivity index (χ0v) is 36.3. The number of esters is 1. The highest BCUT2D eigenvalue weighted by Crippen LogP contribution is 2.48. The summed E-state index contributed by atoms with van der Waals surface area (Å²) in [7, 11) is 0. The summed E-state index contributed by atoms with van der Waals surface area (Å²) in [6, 6.07) is 0. The fourth-order valence-electron chi connectivity index (χ4n) is 9.06. The fourth-order valence-corrected chi connectivity index (χ4v) is 9.06. The highest BCUT2D eigenvalue weighted by Gasteiger charge is 2.42. The molecule has 5 heterocycles. The van der Waals surface area contributed by atoms with Crippen LogP contribution >= 0.6 is 0 Å². The number of hydrogen-bond acceptors (Lipinski definition) is 8. The van der Waals surface area contributed by atoms with E-state index in [1.165, 1.54) is 16.7 Å². The normalized spacial score (nSPS) is 22.4. The van der Waals surface area contributed by atoms with E-state index in [2.05, 4.69) is 72.5 Å². The SMILES string of the molecule is C=CC1=C(C)C2=NC1=CC1=C(CC)C3=C(O)CC(=C4NC(=C(C)C5=NC(=C2)C(C(C)O)=C5C)[C@@H](C)[C@@H]4CCC(=O)OC/C=C(\C)CC/C=C(\C)CCC=C(C)C)C3=N1. The third kappa shape index (κ3) is 8.54. The molecule has 8 heteroatoms. The highest BCUT2D eigenvalue weighted by atomic mass is 16.5. The Balaban J connectivity index is 1.31. The first-order chi connectivity index (χ1) is 27.6. The zero-order chi connectivity index (χ0) is 42.0. The molecule has 0 aromatic heterocycles. The Bertz CT molecular complexity index is 2260. The van der Waals surface area contributed by atoms with Crippen molar-refractivity contribution < 1.29 is 19.7 Å². The van der Waals surface area contributed by atoms with Crippen molar-refractivity contribution in [1.82, 2.24) is 5.32 Å². The van der Waals surface area contributed by atoms with Crippen LogP contribution < -0.4 is 5.32 Å². The van der Waals surface area contributed by atoms with Gasteiger partial charge in [-0.25, -0.2) is 15.0 Å². The van der Waals surface area contributed by atoms with Crippen molar-refractivity contribution in [3.63, 3.8) is 0 Å². The van der Waals surface area contributed by atoms with Gasteiger partial charge in [-0.1, -0.05) is 55.4 Å². The van der Waals surface area contributed by atoms with Gasteiger partial charge >= 0.3 is 5.97 Å². The van der Waals surface area contributed by atoms with Crippen molar-refractivity contribution in [2.45, 2.75) is 127 Å². The van der Waals surface area contributed by atoms with Crippen LogP contribution in [0.3, 0.4) is 0 Å². The van der Waals surface area contributed by atoms with Gasteiger partial charge < -0.3 is 20.3 Å². The number of nitrogens with zero attached hydrogens (tertiary/aromatic N) is 3. The van der Waals surface area contributed by atoms with Crippen LogP contribution in [0.15, 0.2) is 154 Å². The van der Waals surface area contributed by atoms with Crippen LogP contribution in [-0.4, -0.2) is 46.0 Å². The molecule has 1 fully saturated rings. The Morgan fingerprint density at radius 2 is 1.64 bits per heavy atom. The number of allylic oxidation sites excluding steroid dienone is 16. The molecular formula is C50H62N4O4. The number of hydrogen-bond donors (Lipinski definition) is 3.